The summed E-state index contributed by atoms with van der Waals surface area (Å²) >= 11 is 0. The summed E-state index contributed by atoms with van der Waals surface area (Å²) in [4.78, 5) is 33.4. The third-order valence-corrected chi connectivity index (χ3v) is 4.73. The standard InChI is InChI=1S/C19H23N3O2/c1-22(13-14-5-3-2-4-6-14)19(24)16-7-8-17(21-18(16)23)15-9-11-20-12-10-15/h7-12,14H,2-6,13H2,1H3,(H,21,23). The Kier molecular flexibility index (Phi) is 5.08. The van der Waals surface area contributed by atoms with Crippen LogP contribution in [0.2, 0.25) is 0 Å². The molecule has 0 aromatic carbocycles. The van der Waals surface area contributed by atoms with Crippen LogP contribution in [0, 0.1) is 5.92 Å². The first-order valence-electron chi connectivity index (χ1n) is 8.54. The highest BCUT2D eigenvalue weighted by atomic mass is 16.2. The number of carbonyl (C=O) groups is 1. The Bertz CT molecular complexity index is 749. The molecule has 0 saturated heterocycles. The molecule has 0 spiro atoms. The largest absolute Gasteiger partial charge is 0.341 e. The molecule has 0 unspecified atom stereocenters. The summed E-state index contributed by atoms with van der Waals surface area (Å²) in [5.74, 6) is 0.353. The van der Waals surface area contributed by atoms with E-state index in [1.54, 1.807) is 36.5 Å². The van der Waals surface area contributed by atoms with Crippen molar-refractivity contribution in [2.75, 3.05) is 13.6 Å². The van der Waals surface area contributed by atoms with Gasteiger partial charge in [0.05, 0.1) is 0 Å². The molecule has 0 bridgehead atoms. The lowest BCUT2D eigenvalue weighted by Gasteiger charge is -2.27. The van der Waals surface area contributed by atoms with Crippen LogP contribution in [0.4, 0.5) is 0 Å². The second-order valence-electron chi connectivity index (χ2n) is 6.54. The monoisotopic (exact) mass is 325 g/mol. The van der Waals surface area contributed by atoms with Crippen molar-refractivity contribution in [3.05, 3.63) is 52.6 Å². The smallest absolute Gasteiger partial charge is 0.261 e. The molecular formula is C19H23N3O2. The molecule has 2 aromatic rings. The Hall–Kier alpha value is -2.43. The molecule has 0 atom stereocenters. The van der Waals surface area contributed by atoms with E-state index in [1.165, 1.54) is 32.1 Å². The van der Waals surface area contributed by atoms with Gasteiger partial charge in [0.1, 0.15) is 5.56 Å². The van der Waals surface area contributed by atoms with Gasteiger partial charge in [0.2, 0.25) is 0 Å². The van der Waals surface area contributed by atoms with E-state index in [4.69, 9.17) is 0 Å². The number of carbonyl (C=O) groups excluding carboxylic acids is 1. The minimum atomic E-state index is -0.343. The average molecular weight is 325 g/mol. The van der Waals surface area contributed by atoms with Crippen molar-refractivity contribution in [3.63, 3.8) is 0 Å². The normalized spacial score (nSPS) is 15.2. The highest BCUT2D eigenvalue weighted by Gasteiger charge is 2.21. The van der Waals surface area contributed by atoms with E-state index in [-0.39, 0.29) is 17.0 Å². The molecule has 0 aliphatic heterocycles. The first kappa shape index (κ1) is 16.4. The molecule has 1 fully saturated rings. The van der Waals surface area contributed by atoms with Crippen molar-refractivity contribution >= 4 is 5.91 Å². The van der Waals surface area contributed by atoms with Crippen LogP contribution >= 0.6 is 0 Å². The van der Waals surface area contributed by atoms with E-state index in [9.17, 15) is 9.59 Å². The van der Waals surface area contributed by atoms with Gasteiger partial charge >= 0.3 is 0 Å². The van der Waals surface area contributed by atoms with Gasteiger partial charge in [-0.05, 0) is 43.0 Å². The number of aromatic amines is 1. The molecule has 2 aromatic heterocycles. The van der Waals surface area contributed by atoms with Gasteiger partial charge in [0, 0.05) is 37.2 Å². The van der Waals surface area contributed by atoms with Gasteiger partial charge in [-0.1, -0.05) is 19.3 Å². The molecule has 0 radical (unpaired) electrons. The minimum absolute atomic E-state index is 0.200. The van der Waals surface area contributed by atoms with Crippen LogP contribution in [0.5, 0.6) is 0 Å². The van der Waals surface area contributed by atoms with Crippen LogP contribution in [0.1, 0.15) is 42.5 Å². The van der Waals surface area contributed by atoms with Crippen LogP contribution in [0.3, 0.4) is 0 Å². The van der Waals surface area contributed by atoms with E-state index < -0.39 is 0 Å². The summed E-state index contributed by atoms with van der Waals surface area (Å²) in [6.45, 7) is 0.727. The number of nitrogens with one attached hydrogen (secondary N) is 1. The summed E-state index contributed by atoms with van der Waals surface area (Å²) < 4.78 is 0. The van der Waals surface area contributed by atoms with Crippen LogP contribution in [-0.4, -0.2) is 34.4 Å². The Labute approximate surface area is 141 Å². The van der Waals surface area contributed by atoms with Gasteiger partial charge in [-0.15, -0.1) is 0 Å². The van der Waals surface area contributed by atoms with E-state index in [2.05, 4.69) is 9.97 Å². The lowest BCUT2D eigenvalue weighted by Crippen LogP contribution is -2.35. The zero-order chi connectivity index (χ0) is 16.9. The highest BCUT2D eigenvalue weighted by Crippen LogP contribution is 2.24. The fourth-order valence-electron chi connectivity index (χ4n) is 3.39. The molecule has 24 heavy (non-hydrogen) atoms. The molecule has 5 heteroatoms. The number of rotatable bonds is 4. The minimum Gasteiger partial charge on any atom is -0.341 e. The van der Waals surface area contributed by atoms with Gasteiger partial charge in [0.15, 0.2) is 0 Å². The van der Waals surface area contributed by atoms with Crippen LogP contribution in [0.15, 0.2) is 41.5 Å². The van der Waals surface area contributed by atoms with E-state index in [1.807, 2.05) is 12.1 Å². The first-order chi connectivity index (χ1) is 11.6. The maximum absolute atomic E-state index is 12.6. The summed E-state index contributed by atoms with van der Waals surface area (Å²) in [6, 6.07) is 7.04. The number of amides is 1. The summed E-state index contributed by atoms with van der Waals surface area (Å²) in [5, 5.41) is 0. The third kappa shape index (κ3) is 3.72. The fourth-order valence-corrected chi connectivity index (χ4v) is 3.39. The SMILES string of the molecule is CN(CC1CCCCC1)C(=O)c1ccc(-c2ccncc2)[nH]c1=O. The van der Waals surface area contributed by atoms with Crippen molar-refractivity contribution in [2.24, 2.45) is 5.92 Å². The molecule has 1 N–H and O–H groups in total. The Balaban J connectivity index is 1.74. The molecular weight excluding hydrogens is 302 g/mol. The lowest BCUT2D eigenvalue weighted by molar-refractivity contribution is 0.0759. The second-order valence-corrected chi connectivity index (χ2v) is 6.54. The molecule has 1 aliphatic carbocycles. The Morgan fingerprint density at radius 1 is 1.17 bits per heavy atom. The summed E-state index contributed by atoms with van der Waals surface area (Å²) in [6.07, 6.45) is 9.48. The van der Waals surface area contributed by atoms with Crippen molar-refractivity contribution < 1.29 is 4.79 Å². The first-order valence-corrected chi connectivity index (χ1v) is 8.54. The number of H-pyrrole nitrogens is 1. The van der Waals surface area contributed by atoms with E-state index in [0.717, 1.165) is 12.1 Å². The zero-order valence-corrected chi connectivity index (χ0v) is 14.0. The second kappa shape index (κ2) is 7.43. The number of hydrogen-bond acceptors (Lipinski definition) is 3. The van der Waals surface area contributed by atoms with Crippen molar-refractivity contribution in [3.8, 4) is 11.3 Å². The molecule has 5 nitrogen and oxygen atoms in total. The number of aromatic nitrogens is 2. The van der Waals surface area contributed by atoms with Gasteiger partial charge in [-0.3, -0.25) is 14.6 Å². The predicted octanol–water partition coefficient (Wildman–Crippen LogP) is 3.09. The number of nitrogens with zero attached hydrogens (tertiary/aromatic N) is 2. The quantitative estimate of drug-likeness (QED) is 0.939. The van der Waals surface area contributed by atoms with Crippen molar-refractivity contribution in [1.82, 2.24) is 14.9 Å². The lowest BCUT2D eigenvalue weighted by atomic mass is 9.89. The Morgan fingerprint density at radius 3 is 2.54 bits per heavy atom. The maximum atomic E-state index is 12.6. The topological polar surface area (TPSA) is 66.1 Å². The zero-order valence-electron chi connectivity index (χ0n) is 14.0. The van der Waals surface area contributed by atoms with Crippen LogP contribution in [0.25, 0.3) is 11.3 Å². The fraction of sp³-hybridized carbons (Fsp3) is 0.421. The number of pyridine rings is 2. The molecule has 3 rings (SSSR count). The molecule has 1 aliphatic rings. The molecule has 1 amide bonds. The van der Waals surface area contributed by atoms with Crippen LogP contribution in [-0.2, 0) is 0 Å². The van der Waals surface area contributed by atoms with Gasteiger partial charge in [-0.25, -0.2) is 0 Å². The highest BCUT2D eigenvalue weighted by molar-refractivity contribution is 5.93. The summed E-state index contributed by atoms with van der Waals surface area (Å²) in [5.41, 5.74) is 1.42. The summed E-state index contributed by atoms with van der Waals surface area (Å²) in [7, 11) is 1.78. The third-order valence-electron chi connectivity index (χ3n) is 4.73. The maximum Gasteiger partial charge on any atom is 0.261 e. The molecule has 126 valence electrons. The van der Waals surface area contributed by atoms with E-state index in [0.29, 0.717) is 11.6 Å². The van der Waals surface area contributed by atoms with E-state index >= 15 is 0 Å². The van der Waals surface area contributed by atoms with Gasteiger partial charge in [0.25, 0.3) is 11.5 Å². The van der Waals surface area contributed by atoms with Crippen LogP contribution < -0.4 is 5.56 Å². The predicted molar refractivity (Wildman–Crippen MR) is 93.8 cm³/mol. The van der Waals surface area contributed by atoms with Crippen molar-refractivity contribution in [2.45, 2.75) is 32.1 Å². The van der Waals surface area contributed by atoms with Crippen molar-refractivity contribution in [1.29, 1.82) is 0 Å². The average Bonchev–Trinajstić information content (AvgIpc) is 2.62. The van der Waals surface area contributed by atoms with Gasteiger partial charge < -0.3 is 9.88 Å². The molecule has 1 saturated carbocycles. The Morgan fingerprint density at radius 2 is 1.88 bits per heavy atom. The van der Waals surface area contributed by atoms with Gasteiger partial charge in [-0.2, -0.15) is 0 Å². The molecule has 2 heterocycles. The number of hydrogen-bond donors (Lipinski definition) is 1.